The van der Waals surface area contributed by atoms with Gasteiger partial charge in [0.1, 0.15) is 11.5 Å². The van der Waals surface area contributed by atoms with Gasteiger partial charge in [-0.2, -0.15) is 0 Å². The Labute approximate surface area is 57.7 Å². The summed E-state index contributed by atoms with van der Waals surface area (Å²) in [7, 11) is 0. The molecule has 54 valence electrons. The third-order valence-corrected chi connectivity index (χ3v) is 1.17. The van der Waals surface area contributed by atoms with Gasteiger partial charge in [-0.15, -0.1) is 0 Å². The predicted molar refractivity (Wildman–Crippen MR) is 38.6 cm³/mol. The van der Waals surface area contributed by atoms with Crippen molar-refractivity contribution in [1.82, 2.24) is 0 Å². The second kappa shape index (κ2) is 1.98. The first kappa shape index (κ1) is 6.54. The third kappa shape index (κ3) is 0.907. The standard InChI is InChI=1S/C6H8N2O2/c7-4-1-3(9)2-5(10)6(4)8/h1-2,9-10H,7-8H2. The predicted octanol–water partition coefficient (Wildman–Crippen LogP) is 0.262. The maximum absolute atomic E-state index is 8.92. The van der Waals surface area contributed by atoms with Gasteiger partial charge in [-0.3, -0.25) is 0 Å². The highest BCUT2D eigenvalue weighted by Crippen LogP contribution is 2.30. The van der Waals surface area contributed by atoms with Crippen LogP contribution in [0.5, 0.6) is 11.5 Å². The number of phenols is 2. The number of nitrogens with two attached hydrogens (primary N) is 2. The lowest BCUT2D eigenvalue weighted by Crippen LogP contribution is -1.93. The van der Waals surface area contributed by atoms with E-state index in [2.05, 4.69) is 0 Å². The Bertz CT molecular complexity index is 237. The smallest absolute Gasteiger partial charge is 0.144 e. The van der Waals surface area contributed by atoms with Crippen LogP contribution in [-0.4, -0.2) is 10.2 Å². The molecule has 4 heteroatoms. The molecule has 0 heterocycles. The van der Waals surface area contributed by atoms with Gasteiger partial charge in [0.05, 0.1) is 11.4 Å². The van der Waals surface area contributed by atoms with E-state index in [0.29, 0.717) is 0 Å². The number of aromatic hydroxyl groups is 2. The summed E-state index contributed by atoms with van der Waals surface area (Å²) in [5.41, 5.74) is 10.8. The largest absolute Gasteiger partial charge is 0.508 e. The summed E-state index contributed by atoms with van der Waals surface area (Å²) in [6, 6.07) is 2.40. The van der Waals surface area contributed by atoms with Crippen molar-refractivity contribution in [1.29, 1.82) is 0 Å². The van der Waals surface area contributed by atoms with Crippen LogP contribution < -0.4 is 11.5 Å². The lowest BCUT2D eigenvalue weighted by molar-refractivity contribution is 0.453. The number of benzene rings is 1. The van der Waals surface area contributed by atoms with Crippen LogP contribution in [0.25, 0.3) is 0 Å². The van der Waals surface area contributed by atoms with Crippen molar-refractivity contribution >= 4 is 11.4 Å². The van der Waals surface area contributed by atoms with E-state index in [0.717, 1.165) is 6.07 Å². The van der Waals surface area contributed by atoms with Crippen LogP contribution in [0, 0.1) is 0 Å². The maximum Gasteiger partial charge on any atom is 0.144 e. The zero-order valence-corrected chi connectivity index (χ0v) is 5.20. The van der Waals surface area contributed by atoms with Crippen molar-refractivity contribution in [3.8, 4) is 11.5 Å². The van der Waals surface area contributed by atoms with E-state index in [1.54, 1.807) is 0 Å². The molecule has 1 aromatic rings. The van der Waals surface area contributed by atoms with E-state index in [-0.39, 0.29) is 22.9 Å². The fraction of sp³-hybridized carbons (Fsp3) is 0. The van der Waals surface area contributed by atoms with Crippen molar-refractivity contribution in [2.45, 2.75) is 0 Å². The monoisotopic (exact) mass is 140 g/mol. The maximum atomic E-state index is 8.92. The Balaban J connectivity index is 3.31. The van der Waals surface area contributed by atoms with E-state index < -0.39 is 0 Å². The Kier molecular flexibility index (Phi) is 1.30. The second-order valence-corrected chi connectivity index (χ2v) is 1.97. The molecule has 0 unspecified atom stereocenters. The molecule has 0 aliphatic heterocycles. The first-order valence-electron chi connectivity index (χ1n) is 2.68. The molecule has 0 radical (unpaired) electrons. The van der Waals surface area contributed by atoms with Gasteiger partial charge < -0.3 is 21.7 Å². The minimum absolute atomic E-state index is 0.0933. The van der Waals surface area contributed by atoms with Crippen LogP contribution >= 0.6 is 0 Å². The average Bonchev–Trinajstić information content (AvgIpc) is 1.82. The highest BCUT2D eigenvalue weighted by molar-refractivity contribution is 5.72. The molecule has 0 amide bonds. The lowest BCUT2D eigenvalue weighted by Gasteiger charge is -2.02. The van der Waals surface area contributed by atoms with E-state index in [1.807, 2.05) is 0 Å². The Morgan fingerprint density at radius 2 is 1.70 bits per heavy atom. The molecule has 4 nitrogen and oxygen atoms in total. The molecule has 6 N–H and O–H groups in total. The molecule has 1 aromatic carbocycles. The van der Waals surface area contributed by atoms with Crippen LogP contribution in [0.3, 0.4) is 0 Å². The van der Waals surface area contributed by atoms with E-state index in [4.69, 9.17) is 21.7 Å². The second-order valence-electron chi connectivity index (χ2n) is 1.97. The fourth-order valence-corrected chi connectivity index (χ4v) is 0.644. The Morgan fingerprint density at radius 1 is 1.10 bits per heavy atom. The summed E-state index contributed by atoms with van der Waals surface area (Å²) in [5.74, 6) is -0.290. The molecule has 0 aliphatic carbocycles. The third-order valence-electron chi connectivity index (χ3n) is 1.17. The van der Waals surface area contributed by atoms with Crippen LogP contribution in [-0.2, 0) is 0 Å². The van der Waals surface area contributed by atoms with Gasteiger partial charge in [0.2, 0.25) is 0 Å². The number of anilines is 2. The van der Waals surface area contributed by atoms with Gasteiger partial charge in [0.25, 0.3) is 0 Å². The molecular formula is C6H8N2O2. The summed E-state index contributed by atoms with van der Waals surface area (Å²) in [6.07, 6.45) is 0. The van der Waals surface area contributed by atoms with Gasteiger partial charge in [0, 0.05) is 12.1 Å². The zero-order valence-electron chi connectivity index (χ0n) is 5.20. The molecule has 0 aliphatic rings. The normalized spacial score (nSPS) is 9.60. The fourth-order valence-electron chi connectivity index (χ4n) is 0.644. The summed E-state index contributed by atoms with van der Waals surface area (Å²) < 4.78 is 0. The van der Waals surface area contributed by atoms with E-state index in [1.165, 1.54) is 6.07 Å². The summed E-state index contributed by atoms with van der Waals surface area (Å²) >= 11 is 0. The van der Waals surface area contributed by atoms with Gasteiger partial charge >= 0.3 is 0 Å². The highest BCUT2D eigenvalue weighted by Gasteiger charge is 2.01. The Hall–Kier alpha value is -1.58. The quantitative estimate of drug-likeness (QED) is 0.236. The molecule has 0 spiro atoms. The molecule has 0 saturated heterocycles. The summed E-state index contributed by atoms with van der Waals surface area (Å²) in [4.78, 5) is 0. The molecule has 0 saturated carbocycles. The minimum Gasteiger partial charge on any atom is -0.508 e. The summed E-state index contributed by atoms with van der Waals surface area (Å²) in [6.45, 7) is 0. The van der Waals surface area contributed by atoms with Gasteiger partial charge in [-0.25, -0.2) is 0 Å². The summed E-state index contributed by atoms with van der Waals surface area (Å²) in [5, 5.41) is 17.7. The lowest BCUT2D eigenvalue weighted by atomic mass is 10.2. The zero-order chi connectivity index (χ0) is 7.72. The average molecular weight is 140 g/mol. The molecule has 10 heavy (non-hydrogen) atoms. The van der Waals surface area contributed by atoms with Crippen molar-refractivity contribution in [2.75, 3.05) is 11.5 Å². The number of hydrogen-bond acceptors (Lipinski definition) is 4. The first-order chi connectivity index (χ1) is 4.61. The molecule has 0 fully saturated rings. The van der Waals surface area contributed by atoms with Gasteiger partial charge in [-0.1, -0.05) is 0 Å². The molecule has 0 aromatic heterocycles. The van der Waals surface area contributed by atoms with Crippen LogP contribution in [0.15, 0.2) is 12.1 Å². The minimum atomic E-state index is -0.197. The van der Waals surface area contributed by atoms with Crippen LogP contribution in [0.4, 0.5) is 11.4 Å². The van der Waals surface area contributed by atoms with Gasteiger partial charge in [0.15, 0.2) is 0 Å². The Morgan fingerprint density at radius 3 is 2.20 bits per heavy atom. The van der Waals surface area contributed by atoms with Gasteiger partial charge in [-0.05, 0) is 0 Å². The topological polar surface area (TPSA) is 92.5 Å². The highest BCUT2D eigenvalue weighted by atomic mass is 16.3. The van der Waals surface area contributed by atoms with Crippen molar-refractivity contribution in [3.05, 3.63) is 12.1 Å². The molecule has 1 rings (SSSR count). The first-order valence-corrected chi connectivity index (χ1v) is 2.68. The SMILES string of the molecule is Nc1cc(O)cc(O)c1N. The number of rotatable bonds is 0. The van der Waals surface area contributed by atoms with Crippen LogP contribution in [0.1, 0.15) is 0 Å². The number of hydrogen-bond donors (Lipinski definition) is 4. The number of phenolic OH excluding ortho intramolecular Hbond substituents is 2. The van der Waals surface area contributed by atoms with E-state index in [9.17, 15) is 0 Å². The van der Waals surface area contributed by atoms with Crippen LogP contribution in [0.2, 0.25) is 0 Å². The molecular weight excluding hydrogens is 132 g/mol. The number of nitrogen functional groups attached to an aromatic ring is 2. The van der Waals surface area contributed by atoms with Crippen molar-refractivity contribution < 1.29 is 10.2 Å². The molecule has 0 bridgehead atoms. The van der Waals surface area contributed by atoms with Crippen molar-refractivity contribution in [2.24, 2.45) is 0 Å². The van der Waals surface area contributed by atoms with Crippen molar-refractivity contribution in [3.63, 3.8) is 0 Å². The van der Waals surface area contributed by atoms with E-state index >= 15 is 0 Å². The molecule has 0 atom stereocenters.